The summed E-state index contributed by atoms with van der Waals surface area (Å²) in [5, 5.41) is 6.93. The molecule has 1 fully saturated rings. The molecule has 1 aliphatic heterocycles. The fourth-order valence-corrected chi connectivity index (χ4v) is 1.53. The first-order valence-corrected chi connectivity index (χ1v) is 4.59. The molecule has 0 spiro atoms. The first-order valence-electron chi connectivity index (χ1n) is 4.59. The predicted octanol–water partition coefficient (Wildman–Crippen LogP) is 0.157. The smallest absolute Gasteiger partial charge is 0.156 e. The maximum atomic E-state index is 5.43. The topological polar surface area (TPSA) is 76.8 Å². The van der Waals surface area contributed by atoms with Crippen LogP contribution in [0.4, 0.5) is 0 Å². The molecule has 3 N–H and O–H groups in total. The van der Waals surface area contributed by atoms with Gasteiger partial charge in [0.1, 0.15) is 5.82 Å². The highest BCUT2D eigenvalue weighted by Gasteiger charge is 2.19. The largest absolute Gasteiger partial charge is 0.381 e. The minimum Gasteiger partial charge on any atom is -0.381 e. The van der Waals surface area contributed by atoms with Crippen LogP contribution in [0.3, 0.4) is 0 Å². The summed E-state index contributed by atoms with van der Waals surface area (Å²) >= 11 is 0. The van der Waals surface area contributed by atoms with Crippen LogP contribution in [0.25, 0.3) is 0 Å². The SMILES string of the molecule is NCc1nc(C2CCCOC2)n[nH]1. The molecule has 5 heteroatoms. The molecule has 0 saturated carbocycles. The van der Waals surface area contributed by atoms with E-state index in [1.807, 2.05) is 0 Å². The molecule has 2 heterocycles. The normalized spacial score (nSPS) is 23.3. The summed E-state index contributed by atoms with van der Waals surface area (Å²) < 4.78 is 5.35. The minimum absolute atomic E-state index is 0.352. The molecule has 0 amide bonds. The fraction of sp³-hybridized carbons (Fsp3) is 0.750. The molecule has 1 unspecified atom stereocenters. The Morgan fingerprint density at radius 2 is 2.54 bits per heavy atom. The third-order valence-corrected chi connectivity index (χ3v) is 2.27. The molecule has 1 aromatic rings. The summed E-state index contributed by atoms with van der Waals surface area (Å²) in [4.78, 5) is 4.28. The summed E-state index contributed by atoms with van der Waals surface area (Å²) in [6.45, 7) is 2.02. The summed E-state index contributed by atoms with van der Waals surface area (Å²) in [6, 6.07) is 0. The van der Waals surface area contributed by atoms with Crippen LogP contribution in [0.15, 0.2) is 0 Å². The molecule has 2 rings (SSSR count). The van der Waals surface area contributed by atoms with Crippen molar-refractivity contribution in [3.05, 3.63) is 11.6 Å². The van der Waals surface area contributed by atoms with E-state index in [0.29, 0.717) is 12.5 Å². The van der Waals surface area contributed by atoms with E-state index in [0.717, 1.165) is 37.7 Å². The van der Waals surface area contributed by atoms with Gasteiger partial charge >= 0.3 is 0 Å². The van der Waals surface area contributed by atoms with E-state index < -0.39 is 0 Å². The first-order chi connectivity index (χ1) is 6.40. The van der Waals surface area contributed by atoms with Gasteiger partial charge in [0.2, 0.25) is 0 Å². The summed E-state index contributed by atoms with van der Waals surface area (Å²) in [6.07, 6.45) is 2.21. The number of aromatic amines is 1. The van der Waals surface area contributed by atoms with Crippen molar-refractivity contribution in [3.63, 3.8) is 0 Å². The standard InChI is InChI=1S/C8H14N4O/c9-4-7-10-8(12-11-7)6-2-1-3-13-5-6/h6H,1-5,9H2,(H,10,11,12). The Morgan fingerprint density at radius 1 is 1.62 bits per heavy atom. The molecule has 13 heavy (non-hydrogen) atoms. The number of nitrogens with one attached hydrogen (secondary N) is 1. The van der Waals surface area contributed by atoms with Crippen LogP contribution >= 0.6 is 0 Å². The van der Waals surface area contributed by atoms with Crippen molar-refractivity contribution in [1.82, 2.24) is 15.2 Å². The lowest BCUT2D eigenvalue weighted by Gasteiger charge is -2.18. The van der Waals surface area contributed by atoms with Crippen molar-refractivity contribution in [1.29, 1.82) is 0 Å². The van der Waals surface area contributed by atoms with Crippen molar-refractivity contribution < 1.29 is 4.74 Å². The molecule has 0 radical (unpaired) electrons. The minimum atomic E-state index is 0.352. The van der Waals surface area contributed by atoms with Crippen molar-refractivity contribution in [2.75, 3.05) is 13.2 Å². The van der Waals surface area contributed by atoms with Gasteiger partial charge in [-0.15, -0.1) is 0 Å². The summed E-state index contributed by atoms with van der Waals surface area (Å²) in [5.74, 6) is 1.95. The lowest BCUT2D eigenvalue weighted by atomic mass is 10.0. The quantitative estimate of drug-likeness (QED) is 0.683. The highest BCUT2D eigenvalue weighted by Crippen LogP contribution is 2.21. The Kier molecular flexibility index (Phi) is 2.56. The number of H-pyrrole nitrogens is 1. The van der Waals surface area contributed by atoms with Gasteiger partial charge in [0, 0.05) is 12.5 Å². The number of hydrogen-bond acceptors (Lipinski definition) is 4. The summed E-state index contributed by atoms with van der Waals surface area (Å²) in [5.41, 5.74) is 5.43. The molecule has 1 atom stereocenters. The van der Waals surface area contributed by atoms with Gasteiger partial charge in [-0.05, 0) is 12.8 Å². The molecule has 1 aromatic heterocycles. The second kappa shape index (κ2) is 3.85. The number of nitrogens with zero attached hydrogens (tertiary/aromatic N) is 2. The van der Waals surface area contributed by atoms with Gasteiger partial charge in [-0.1, -0.05) is 0 Å². The van der Waals surface area contributed by atoms with Crippen LogP contribution in [-0.4, -0.2) is 28.4 Å². The lowest BCUT2D eigenvalue weighted by molar-refractivity contribution is 0.0781. The zero-order valence-corrected chi connectivity index (χ0v) is 7.49. The maximum Gasteiger partial charge on any atom is 0.156 e. The molecular formula is C8H14N4O. The van der Waals surface area contributed by atoms with Crippen molar-refractivity contribution in [3.8, 4) is 0 Å². The molecule has 72 valence electrons. The second-order valence-electron chi connectivity index (χ2n) is 3.26. The third-order valence-electron chi connectivity index (χ3n) is 2.27. The number of nitrogens with two attached hydrogens (primary N) is 1. The maximum absolute atomic E-state index is 5.43. The Balaban J connectivity index is 2.05. The number of hydrogen-bond donors (Lipinski definition) is 2. The van der Waals surface area contributed by atoms with Crippen LogP contribution in [0, 0.1) is 0 Å². The van der Waals surface area contributed by atoms with E-state index in [1.165, 1.54) is 0 Å². The zero-order valence-electron chi connectivity index (χ0n) is 7.49. The predicted molar refractivity (Wildman–Crippen MR) is 47.1 cm³/mol. The van der Waals surface area contributed by atoms with Gasteiger partial charge in [-0.3, -0.25) is 5.10 Å². The van der Waals surface area contributed by atoms with Gasteiger partial charge in [-0.2, -0.15) is 5.10 Å². The van der Waals surface area contributed by atoms with Gasteiger partial charge in [-0.25, -0.2) is 4.98 Å². The first kappa shape index (κ1) is 8.65. The molecule has 1 saturated heterocycles. The lowest BCUT2D eigenvalue weighted by Crippen LogP contribution is -2.16. The van der Waals surface area contributed by atoms with Crippen LogP contribution in [0.5, 0.6) is 0 Å². The number of ether oxygens (including phenoxy) is 1. The Morgan fingerprint density at radius 3 is 3.15 bits per heavy atom. The highest BCUT2D eigenvalue weighted by atomic mass is 16.5. The third kappa shape index (κ3) is 1.87. The average Bonchev–Trinajstić information content (AvgIpc) is 2.67. The van der Waals surface area contributed by atoms with Gasteiger partial charge < -0.3 is 10.5 Å². The Hall–Kier alpha value is -0.940. The average molecular weight is 182 g/mol. The molecule has 1 aliphatic rings. The number of aromatic nitrogens is 3. The molecule has 0 bridgehead atoms. The van der Waals surface area contributed by atoms with E-state index in [4.69, 9.17) is 10.5 Å². The molecule has 0 aliphatic carbocycles. The molecular weight excluding hydrogens is 168 g/mol. The number of rotatable bonds is 2. The summed E-state index contributed by atoms with van der Waals surface area (Å²) in [7, 11) is 0. The van der Waals surface area contributed by atoms with Crippen molar-refractivity contribution in [2.24, 2.45) is 5.73 Å². The highest BCUT2D eigenvalue weighted by molar-refractivity contribution is 4.98. The monoisotopic (exact) mass is 182 g/mol. The Labute approximate surface area is 76.7 Å². The van der Waals surface area contributed by atoms with Crippen LogP contribution in [0.1, 0.15) is 30.4 Å². The van der Waals surface area contributed by atoms with Crippen molar-refractivity contribution >= 4 is 0 Å². The van der Waals surface area contributed by atoms with E-state index in [2.05, 4.69) is 15.2 Å². The van der Waals surface area contributed by atoms with Crippen LogP contribution in [0.2, 0.25) is 0 Å². The fourth-order valence-electron chi connectivity index (χ4n) is 1.53. The zero-order chi connectivity index (χ0) is 9.10. The van der Waals surface area contributed by atoms with Gasteiger partial charge in [0.15, 0.2) is 5.82 Å². The van der Waals surface area contributed by atoms with Crippen molar-refractivity contribution in [2.45, 2.75) is 25.3 Å². The van der Waals surface area contributed by atoms with Crippen LogP contribution in [-0.2, 0) is 11.3 Å². The van der Waals surface area contributed by atoms with E-state index in [1.54, 1.807) is 0 Å². The van der Waals surface area contributed by atoms with E-state index in [-0.39, 0.29) is 0 Å². The van der Waals surface area contributed by atoms with E-state index >= 15 is 0 Å². The molecule has 0 aromatic carbocycles. The van der Waals surface area contributed by atoms with E-state index in [9.17, 15) is 0 Å². The van der Waals surface area contributed by atoms with Crippen LogP contribution < -0.4 is 5.73 Å². The van der Waals surface area contributed by atoms with Gasteiger partial charge in [0.25, 0.3) is 0 Å². The van der Waals surface area contributed by atoms with Gasteiger partial charge in [0.05, 0.1) is 13.2 Å². The Bertz CT molecular complexity index is 267. The second-order valence-corrected chi connectivity index (χ2v) is 3.26. The molecule has 5 nitrogen and oxygen atoms in total.